The summed E-state index contributed by atoms with van der Waals surface area (Å²) in [6.07, 6.45) is 9.99. The normalized spacial score (nSPS) is 15.7. The molecule has 1 aliphatic rings. The van der Waals surface area contributed by atoms with Crippen LogP contribution in [0.15, 0.2) is 6.33 Å². The second-order valence-electron chi connectivity index (χ2n) is 5.45. The molecule has 1 heterocycles. The smallest absolute Gasteiger partial charge is 0.134 e. The van der Waals surface area contributed by atoms with Crippen LogP contribution in [0.5, 0.6) is 0 Å². The van der Waals surface area contributed by atoms with Crippen LogP contribution in [0.25, 0.3) is 0 Å². The highest BCUT2D eigenvalue weighted by Gasteiger charge is 2.14. The van der Waals surface area contributed by atoms with Gasteiger partial charge in [-0.05, 0) is 32.6 Å². The summed E-state index contributed by atoms with van der Waals surface area (Å²) in [4.78, 5) is 8.59. The molecule has 19 heavy (non-hydrogen) atoms. The average molecular weight is 262 g/mol. The van der Waals surface area contributed by atoms with Crippen LogP contribution in [-0.4, -0.2) is 23.1 Å². The van der Waals surface area contributed by atoms with Gasteiger partial charge in [-0.1, -0.05) is 25.7 Å². The number of hydrogen-bond acceptors (Lipinski definition) is 4. The lowest BCUT2D eigenvalue weighted by Gasteiger charge is -2.13. The van der Waals surface area contributed by atoms with Gasteiger partial charge in [0.05, 0.1) is 0 Å². The van der Waals surface area contributed by atoms with E-state index in [1.807, 2.05) is 0 Å². The van der Waals surface area contributed by atoms with Crippen molar-refractivity contribution < 1.29 is 0 Å². The zero-order valence-electron chi connectivity index (χ0n) is 12.2. The van der Waals surface area contributed by atoms with Crippen LogP contribution in [-0.2, 0) is 0 Å². The minimum Gasteiger partial charge on any atom is -0.370 e. The van der Waals surface area contributed by atoms with E-state index in [1.54, 1.807) is 6.33 Å². The lowest BCUT2D eigenvalue weighted by Crippen LogP contribution is -2.09. The highest BCUT2D eigenvalue weighted by Crippen LogP contribution is 2.28. The van der Waals surface area contributed by atoms with Gasteiger partial charge in [0.1, 0.15) is 18.0 Å². The zero-order chi connectivity index (χ0) is 13.5. The molecule has 106 valence electrons. The maximum Gasteiger partial charge on any atom is 0.134 e. The summed E-state index contributed by atoms with van der Waals surface area (Å²) in [7, 11) is 0. The van der Waals surface area contributed by atoms with Crippen LogP contribution >= 0.6 is 0 Å². The average Bonchev–Trinajstić information content (AvgIpc) is 2.92. The molecule has 4 nitrogen and oxygen atoms in total. The molecule has 0 atom stereocenters. The van der Waals surface area contributed by atoms with Crippen molar-refractivity contribution in [3.05, 3.63) is 11.9 Å². The van der Waals surface area contributed by atoms with Gasteiger partial charge >= 0.3 is 0 Å². The summed E-state index contributed by atoms with van der Waals surface area (Å²) in [5.41, 5.74) is 1.12. The standard InChI is InChI=1S/C15H26N4/c1-3-16-14-12(2)15(19-11-18-14)17-10-6-9-13-7-4-5-8-13/h11,13H,3-10H2,1-2H3,(H2,16,17,18,19). The van der Waals surface area contributed by atoms with Crippen molar-refractivity contribution in [2.24, 2.45) is 5.92 Å². The number of nitrogens with one attached hydrogen (secondary N) is 2. The van der Waals surface area contributed by atoms with Crippen molar-refractivity contribution >= 4 is 11.6 Å². The van der Waals surface area contributed by atoms with E-state index in [-0.39, 0.29) is 0 Å². The molecule has 4 heteroatoms. The summed E-state index contributed by atoms with van der Waals surface area (Å²) >= 11 is 0. The zero-order valence-corrected chi connectivity index (χ0v) is 12.2. The van der Waals surface area contributed by atoms with Gasteiger partial charge in [-0.25, -0.2) is 9.97 Å². The van der Waals surface area contributed by atoms with E-state index >= 15 is 0 Å². The molecule has 1 aromatic rings. The Morgan fingerprint density at radius 1 is 1.16 bits per heavy atom. The van der Waals surface area contributed by atoms with Gasteiger partial charge in [0.25, 0.3) is 0 Å². The van der Waals surface area contributed by atoms with Crippen molar-refractivity contribution in [2.75, 3.05) is 23.7 Å². The van der Waals surface area contributed by atoms with E-state index in [1.165, 1.54) is 38.5 Å². The number of hydrogen-bond donors (Lipinski definition) is 2. The van der Waals surface area contributed by atoms with Gasteiger partial charge < -0.3 is 10.6 Å². The fourth-order valence-electron chi connectivity index (χ4n) is 2.87. The maximum absolute atomic E-state index is 4.33. The van der Waals surface area contributed by atoms with Crippen molar-refractivity contribution in [3.63, 3.8) is 0 Å². The Kier molecular flexibility index (Phi) is 5.43. The summed E-state index contributed by atoms with van der Waals surface area (Å²) in [6.45, 7) is 6.05. The molecule has 0 aromatic carbocycles. The van der Waals surface area contributed by atoms with Crippen LogP contribution in [0.4, 0.5) is 11.6 Å². The third kappa shape index (κ3) is 4.08. The van der Waals surface area contributed by atoms with Crippen molar-refractivity contribution in [2.45, 2.75) is 52.4 Å². The molecule has 0 saturated heterocycles. The lowest BCUT2D eigenvalue weighted by molar-refractivity contribution is 0.491. The molecule has 2 rings (SSSR count). The van der Waals surface area contributed by atoms with E-state index in [2.05, 4.69) is 34.4 Å². The first-order valence-electron chi connectivity index (χ1n) is 7.60. The van der Waals surface area contributed by atoms with E-state index < -0.39 is 0 Å². The van der Waals surface area contributed by atoms with Gasteiger partial charge in [-0.3, -0.25) is 0 Å². The molecular formula is C15H26N4. The van der Waals surface area contributed by atoms with Crippen LogP contribution in [0.3, 0.4) is 0 Å². The molecule has 0 bridgehead atoms. The second-order valence-corrected chi connectivity index (χ2v) is 5.45. The first-order chi connectivity index (χ1) is 9.31. The largest absolute Gasteiger partial charge is 0.370 e. The molecule has 0 spiro atoms. The van der Waals surface area contributed by atoms with Crippen molar-refractivity contribution in [3.8, 4) is 0 Å². The number of nitrogens with zero attached hydrogens (tertiary/aromatic N) is 2. The monoisotopic (exact) mass is 262 g/mol. The first kappa shape index (κ1) is 14.1. The molecule has 1 aliphatic carbocycles. The van der Waals surface area contributed by atoms with Crippen LogP contribution < -0.4 is 10.6 Å². The third-order valence-corrected chi connectivity index (χ3v) is 3.98. The maximum atomic E-state index is 4.33. The summed E-state index contributed by atoms with van der Waals surface area (Å²) in [5, 5.41) is 6.70. The topological polar surface area (TPSA) is 49.8 Å². The quantitative estimate of drug-likeness (QED) is 0.737. The Labute approximate surface area is 116 Å². The number of aromatic nitrogens is 2. The molecular weight excluding hydrogens is 236 g/mol. The summed E-state index contributed by atoms with van der Waals surface area (Å²) in [5.74, 6) is 2.89. The lowest BCUT2D eigenvalue weighted by atomic mass is 10.0. The molecule has 1 aromatic heterocycles. The molecule has 1 saturated carbocycles. The molecule has 0 aliphatic heterocycles. The minimum absolute atomic E-state index is 0.888. The van der Waals surface area contributed by atoms with Crippen molar-refractivity contribution in [1.29, 1.82) is 0 Å². The van der Waals surface area contributed by atoms with Gasteiger partial charge in [0.15, 0.2) is 0 Å². The Balaban J connectivity index is 1.77. The summed E-state index contributed by atoms with van der Waals surface area (Å²) < 4.78 is 0. The van der Waals surface area contributed by atoms with Crippen LogP contribution in [0, 0.1) is 12.8 Å². The summed E-state index contributed by atoms with van der Waals surface area (Å²) in [6, 6.07) is 0. The Hall–Kier alpha value is -1.32. The molecule has 0 unspecified atom stereocenters. The molecule has 0 amide bonds. The predicted molar refractivity (Wildman–Crippen MR) is 80.6 cm³/mol. The predicted octanol–water partition coefficient (Wildman–Crippen LogP) is 3.60. The fraction of sp³-hybridized carbons (Fsp3) is 0.733. The fourth-order valence-corrected chi connectivity index (χ4v) is 2.87. The SMILES string of the molecule is CCNc1ncnc(NCCCC2CCCC2)c1C. The van der Waals surface area contributed by atoms with Gasteiger partial charge in [0, 0.05) is 18.7 Å². The Morgan fingerprint density at radius 3 is 2.53 bits per heavy atom. The first-order valence-corrected chi connectivity index (χ1v) is 7.60. The third-order valence-electron chi connectivity index (χ3n) is 3.98. The number of anilines is 2. The van der Waals surface area contributed by atoms with Gasteiger partial charge in [0.2, 0.25) is 0 Å². The number of rotatable bonds is 7. The van der Waals surface area contributed by atoms with Gasteiger partial charge in [-0.15, -0.1) is 0 Å². The molecule has 1 fully saturated rings. The second kappa shape index (κ2) is 7.31. The molecule has 0 radical (unpaired) electrons. The van der Waals surface area contributed by atoms with E-state index in [0.717, 1.165) is 36.2 Å². The Morgan fingerprint density at radius 2 is 1.84 bits per heavy atom. The highest BCUT2D eigenvalue weighted by molar-refractivity contribution is 5.56. The highest BCUT2D eigenvalue weighted by atomic mass is 15.1. The van der Waals surface area contributed by atoms with E-state index in [4.69, 9.17) is 0 Å². The van der Waals surface area contributed by atoms with E-state index in [9.17, 15) is 0 Å². The molecule has 2 N–H and O–H groups in total. The van der Waals surface area contributed by atoms with E-state index in [0.29, 0.717) is 0 Å². The Bertz CT molecular complexity index is 386. The van der Waals surface area contributed by atoms with Crippen LogP contribution in [0.1, 0.15) is 51.0 Å². The van der Waals surface area contributed by atoms with Crippen molar-refractivity contribution in [1.82, 2.24) is 9.97 Å². The van der Waals surface area contributed by atoms with Gasteiger partial charge in [-0.2, -0.15) is 0 Å². The minimum atomic E-state index is 0.888. The van der Waals surface area contributed by atoms with Crippen LogP contribution in [0.2, 0.25) is 0 Å².